The van der Waals surface area contributed by atoms with Crippen molar-refractivity contribution in [2.24, 2.45) is 0 Å². The Morgan fingerprint density at radius 3 is 2.37 bits per heavy atom. The van der Waals surface area contributed by atoms with Crippen LogP contribution in [0.3, 0.4) is 0 Å². The third-order valence-corrected chi connectivity index (χ3v) is 7.42. The Morgan fingerprint density at radius 2 is 1.65 bits per heavy atom. The molecule has 0 saturated heterocycles. The first kappa shape index (κ1) is 28.9. The molecule has 0 bridgehead atoms. The highest BCUT2D eigenvalue weighted by molar-refractivity contribution is 6.00. The van der Waals surface area contributed by atoms with Gasteiger partial charge >= 0.3 is 0 Å². The highest BCUT2D eigenvalue weighted by Gasteiger charge is 2.36. The van der Waals surface area contributed by atoms with Crippen molar-refractivity contribution in [2.75, 3.05) is 25.6 Å². The van der Waals surface area contributed by atoms with E-state index in [2.05, 4.69) is 48.0 Å². The Bertz CT molecular complexity index is 1650. The van der Waals surface area contributed by atoms with Gasteiger partial charge in [-0.3, -0.25) is 0 Å². The second-order valence-electron chi connectivity index (χ2n) is 12.0. The molecule has 11 nitrogen and oxygen atoms in total. The minimum Gasteiger partial charge on any atom is -0.383 e. The lowest BCUT2D eigenvalue weighted by Crippen LogP contribution is -2.23. The van der Waals surface area contributed by atoms with E-state index in [1.165, 1.54) is 11.9 Å². The standard InChI is InChI=1S/C32H38N8O3/c1-32(2,3)40-31-25(29(33)36-20-37-31)26(38-40)27-24(28(43-39-27)23-11-12-23)30-34-17-22(18-35-30)13-16-41-14-7-8-15-42-19-21-9-5-4-6-10-21/h4-6,9-10,17-18,20,23H,7-8,11-16,19H2,1-3H3,(H2,33,36,37). The number of hydrogen-bond acceptors (Lipinski definition) is 10. The summed E-state index contributed by atoms with van der Waals surface area (Å²) in [5.74, 6) is 1.97. The molecule has 0 spiro atoms. The molecule has 6 rings (SSSR count). The predicted molar refractivity (Wildman–Crippen MR) is 163 cm³/mol. The maximum absolute atomic E-state index is 6.35. The van der Waals surface area contributed by atoms with Gasteiger partial charge in [0.1, 0.15) is 23.5 Å². The Kier molecular flexibility index (Phi) is 8.44. The molecule has 11 heteroatoms. The zero-order chi connectivity index (χ0) is 29.8. The molecule has 2 N–H and O–H groups in total. The lowest BCUT2D eigenvalue weighted by Gasteiger charge is -2.19. The Morgan fingerprint density at radius 1 is 0.907 bits per heavy atom. The summed E-state index contributed by atoms with van der Waals surface area (Å²) in [6.07, 6.45) is 9.88. The lowest BCUT2D eigenvalue weighted by molar-refractivity contribution is 0.0965. The number of fused-ring (bicyclic) bond motifs is 1. The van der Waals surface area contributed by atoms with Crippen LogP contribution in [0, 0.1) is 0 Å². The maximum atomic E-state index is 6.35. The first-order valence-corrected chi connectivity index (χ1v) is 14.9. The molecule has 0 amide bonds. The second-order valence-corrected chi connectivity index (χ2v) is 12.0. The van der Waals surface area contributed by atoms with Crippen molar-refractivity contribution in [2.45, 2.75) is 70.9 Å². The smallest absolute Gasteiger partial charge is 0.165 e. The molecule has 0 unspecified atom stereocenters. The van der Waals surface area contributed by atoms with Gasteiger partial charge in [-0.2, -0.15) is 5.10 Å². The molecule has 224 valence electrons. The number of rotatable bonds is 13. The van der Waals surface area contributed by atoms with Crippen molar-refractivity contribution in [3.63, 3.8) is 0 Å². The van der Waals surface area contributed by atoms with Crippen LogP contribution in [0.4, 0.5) is 5.82 Å². The number of benzene rings is 1. The number of nitrogens with zero attached hydrogens (tertiary/aromatic N) is 7. The fourth-order valence-corrected chi connectivity index (χ4v) is 4.99. The average Bonchev–Trinajstić information content (AvgIpc) is 3.62. The summed E-state index contributed by atoms with van der Waals surface area (Å²) >= 11 is 0. The molecule has 0 radical (unpaired) electrons. The molecule has 1 aromatic carbocycles. The zero-order valence-electron chi connectivity index (χ0n) is 25.0. The topological polar surface area (TPSA) is 140 Å². The van der Waals surface area contributed by atoms with E-state index in [9.17, 15) is 0 Å². The lowest BCUT2D eigenvalue weighted by atomic mass is 10.1. The third kappa shape index (κ3) is 6.57. The first-order chi connectivity index (χ1) is 20.9. The van der Waals surface area contributed by atoms with Crippen LogP contribution in [-0.4, -0.2) is 54.7 Å². The monoisotopic (exact) mass is 582 g/mol. The fraction of sp³-hybridized carbons (Fsp3) is 0.438. The number of hydrogen-bond donors (Lipinski definition) is 1. The minimum atomic E-state index is -0.336. The number of ether oxygens (including phenoxy) is 2. The van der Waals surface area contributed by atoms with Crippen LogP contribution in [0.15, 0.2) is 53.6 Å². The number of nitrogen functional groups attached to an aromatic ring is 1. The highest BCUT2D eigenvalue weighted by atomic mass is 16.5. The van der Waals surface area contributed by atoms with E-state index in [1.807, 2.05) is 35.3 Å². The van der Waals surface area contributed by atoms with Crippen LogP contribution in [0.25, 0.3) is 33.8 Å². The summed E-state index contributed by atoms with van der Waals surface area (Å²) in [5.41, 5.74) is 10.7. The summed E-state index contributed by atoms with van der Waals surface area (Å²) in [7, 11) is 0. The molecule has 0 atom stereocenters. The number of anilines is 1. The Labute approximate surface area is 250 Å². The summed E-state index contributed by atoms with van der Waals surface area (Å²) in [4.78, 5) is 18.2. The quantitative estimate of drug-likeness (QED) is 0.172. The van der Waals surface area contributed by atoms with Crippen molar-refractivity contribution >= 4 is 16.9 Å². The number of nitrogens with two attached hydrogens (primary N) is 1. The summed E-state index contributed by atoms with van der Waals surface area (Å²) < 4.78 is 19.4. The third-order valence-electron chi connectivity index (χ3n) is 7.42. The van der Waals surface area contributed by atoms with E-state index in [0.29, 0.717) is 59.8 Å². The zero-order valence-corrected chi connectivity index (χ0v) is 25.0. The largest absolute Gasteiger partial charge is 0.383 e. The van der Waals surface area contributed by atoms with Crippen LogP contribution < -0.4 is 5.73 Å². The second kappa shape index (κ2) is 12.6. The van der Waals surface area contributed by atoms with Crippen LogP contribution in [0.2, 0.25) is 0 Å². The van der Waals surface area contributed by atoms with E-state index < -0.39 is 0 Å². The van der Waals surface area contributed by atoms with Gasteiger partial charge in [0.05, 0.1) is 29.7 Å². The van der Waals surface area contributed by atoms with Crippen molar-refractivity contribution in [1.82, 2.24) is 34.9 Å². The normalized spacial score (nSPS) is 13.7. The van der Waals surface area contributed by atoms with Crippen molar-refractivity contribution in [3.05, 3.63) is 65.9 Å². The number of unbranched alkanes of at least 4 members (excludes halogenated alkanes) is 1. The van der Waals surface area contributed by atoms with Gasteiger partial charge in [-0.05, 0) is 64.0 Å². The van der Waals surface area contributed by atoms with E-state index in [4.69, 9.17) is 34.8 Å². The molecular weight excluding hydrogens is 544 g/mol. The van der Waals surface area contributed by atoms with Crippen molar-refractivity contribution in [1.29, 1.82) is 0 Å². The van der Waals surface area contributed by atoms with E-state index in [1.54, 1.807) is 0 Å². The van der Waals surface area contributed by atoms with E-state index in [-0.39, 0.29) is 5.54 Å². The molecule has 1 saturated carbocycles. The summed E-state index contributed by atoms with van der Waals surface area (Å²) in [6.45, 7) is 8.87. The van der Waals surface area contributed by atoms with Crippen LogP contribution in [-0.2, 0) is 28.0 Å². The molecular formula is C32H38N8O3. The SMILES string of the molecule is CC(C)(C)n1nc(-c2noc(C3CC3)c2-c2ncc(CCOCCCCOCc3ccccc3)cn2)c2c(N)ncnc21. The summed E-state index contributed by atoms with van der Waals surface area (Å²) in [6, 6.07) is 10.2. The number of aromatic nitrogens is 7. The molecule has 1 aliphatic rings. The molecule has 0 aliphatic heterocycles. The molecule has 1 aliphatic carbocycles. The van der Waals surface area contributed by atoms with Crippen molar-refractivity contribution < 1.29 is 14.0 Å². The van der Waals surface area contributed by atoms with Gasteiger partial charge in [0.25, 0.3) is 0 Å². The molecule has 4 heterocycles. The van der Waals surface area contributed by atoms with Gasteiger partial charge in [0.2, 0.25) is 0 Å². The van der Waals surface area contributed by atoms with Gasteiger partial charge in [-0.1, -0.05) is 35.5 Å². The van der Waals surface area contributed by atoms with Crippen molar-refractivity contribution in [3.8, 4) is 22.8 Å². The van der Waals surface area contributed by atoms with E-state index in [0.717, 1.165) is 55.6 Å². The van der Waals surface area contributed by atoms with Crippen LogP contribution in [0.1, 0.15) is 69.3 Å². The van der Waals surface area contributed by atoms with Gasteiger partial charge in [-0.15, -0.1) is 0 Å². The predicted octanol–water partition coefficient (Wildman–Crippen LogP) is 5.71. The van der Waals surface area contributed by atoms with Gasteiger partial charge in [-0.25, -0.2) is 24.6 Å². The van der Waals surface area contributed by atoms with Gasteiger partial charge < -0.3 is 19.7 Å². The molecule has 1 fully saturated rings. The first-order valence-electron chi connectivity index (χ1n) is 14.9. The Balaban J connectivity index is 1.10. The van der Waals surface area contributed by atoms with E-state index >= 15 is 0 Å². The fourth-order valence-electron chi connectivity index (χ4n) is 4.99. The van der Waals surface area contributed by atoms with Gasteiger partial charge in [0.15, 0.2) is 17.2 Å². The van der Waals surface area contributed by atoms with Crippen LogP contribution >= 0.6 is 0 Å². The summed E-state index contributed by atoms with van der Waals surface area (Å²) in [5, 5.41) is 10.0. The van der Waals surface area contributed by atoms with Gasteiger partial charge in [0, 0.05) is 31.5 Å². The maximum Gasteiger partial charge on any atom is 0.165 e. The average molecular weight is 583 g/mol. The minimum absolute atomic E-state index is 0.293. The molecule has 4 aromatic heterocycles. The van der Waals surface area contributed by atoms with Crippen LogP contribution in [0.5, 0.6) is 0 Å². The highest BCUT2D eigenvalue weighted by Crippen LogP contribution is 2.47. The molecule has 5 aromatic rings. The Hall–Kier alpha value is -4.22. The molecule has 43 heavy (non-hydrogen) atoms.